The van der Waals surface area contributed by atoms with Crippen molar-refractivity contribution in [1.82, 2.24) is 4.90 Å². The average Bonchev–Trinajstić information content (AvgIpc) is 2.36. The van der Waals surface area contributed by atoms with Crippen LogP contribution in [0.15, 0.2) is 0 Å². The molecular weight excluding hydrogens is 160 g/mol. The lowest BCUT2D eigenvalue weighted by molar-refractivity contribution is 0.484. The van der Waals surface area contributed by atoms with E-state index in [9.17, 15) is 0 Å². The molecule has 0 aromatic rings. The van der Waals surface area contributed by atoms with Crippen LogP contribution < -0.4 is 0 Å². The Hall–Kier alpha value is -0.240. The molecule has 0 atom stereocenters. The zero-order chi connectivity index (χ0) is 7.56. The Kier molecular flexibility index (Phi) is 4.50. The Balaban J connectivity index is 0.000001000. The first-order valence-corrected chi connectivity index (χ1v) is 4.05. The summed E-state index contributed by atoms with van der Waals surface area (Å²) >= 11 is 0. The van der Waals surface area contributed by atoms with E-state index >= 15 is 0 Å². The maximum atomic E-state index is 7.67. The number of halogens is 1. The second kappa shape index (κ2) is 4.60. The van der Waals surface area contributed by atoms with E-state index in [1.54, 1.807) is 0 Å². The molecule has 0 spiro atoms. The molecule has 0 unspecified atom stereocenters. The Morgan fingerprint density at radius 1 is 1.27 bits per heavy atom. The minimum absolute atomic E-state index is 0. The Bertz CT molecular complexity index is 128. The van der Waals surface area contributed by atoms with E-state index in [1.165, 1.54) is 12.8 Å². The van der Waals surface area contributed by atoms with E-state index in [1.807, 2.05) is 0 Å². The van der Waals surface area contributed by atoms with Crippen molar-refractivity contribution < 1.29 is 0 Å². The van der Waals surface area contributed by atoms with Gasteiger partial charge >= 0.3 is 0 Å². The molecule has 0 radical (unpaired) electrons. The van der Waals surface area contributed by atoms with Gasteiger partial charge in [0, 0.05) is 19.0 Å². The summed E-state index contributed by atoms with van der Waals surface area (Å²) in [7, 11) is 0. The molecule has 66 valence electrons. The SMILES string of the molecule is CC(C)C(=N)N1CCCC1.Cl. The summed E-state index contributed by atoms with van der Waals surface area (Å²) in [5.74, 6) is 1.22. The highest BCUT2D eigenvalue weighted by Gasteiger charge is 2.16. The van der Waals surface area contributed by atoms with E-state index in [-0.39, 0.29) is 12.4 Å². The lowest BCUT2D eigenvalue weighted by Gasteiger charge is -2.20. The van der Waals surface area contributed by atoms with Crippen molar-refractivity contribution in [2.75, 3.05) is 13.1 Å². The van der Waals surface area contributed by atoms with Crippen LogP contribution in [0, 0.1) is 11.3 Å². The van der Waals surface area contributed by atoms with Crippen molar-refractivity contribution in [3.8, 4) is 0 Å². The van der Waals surface area contributed by atoms with Crippen LogP contribution in [-0.2, 0) is 0 Å². The maximum Gasteiger partial charge on any atom is 0.0983 e. The quantitative estimate of drug-likeness (QED) is 0.481. The Labute approximate surface area is 74.9 Å². The van der Waals surface area contributed by atoms with Crippen LogP contribution in [0.3, 0.4) is 0 Å². The predicted molar refractivity (Wildman–Crippen MR) is 50.6 cm³/mol. The van der Waals surface area contributed by atoms with Gasteiger partial charge in [-0.05, 0) is 12.8 Å². The van der Waals surface area contributed by atoms with Gasteiger partial charge in [0.25, 0.3) is 0 Å². The number of likely N-dealkylation sites (tertiary alicyclic amines) is 1. The monoisotopic (exact) mass is 176 g/mol. The summed E-state index contributed by atoms with van der Waals surface area (Å²) in [5.41, 5.74) is 0. The molecule has 3 heteroatoms. The van der Waals surface area contributed by atoms with Crippen LogP contribution >= 0.6 is 12.4 Å². The third-order valence-corrected chi connectivity index (χ3v) is 1.99. The van der Waals surface area contributed by atoms with Gasteiger partial charge in [0.05, 0.1) is 5.84 Å². The molecule has 0 amide bonds. The van der Waals surface area contributed by atoms with Crippen LogP contribution in [0.2, 0.25) is 0 Å². The topological polar surface area (TPSA) is 27.1 Å². The van der Waals surface area contributed by atoms with Crippen molar-refractivity contribution in [3.05, 3.63) is 0 Å². The highest BCUT2D eigenvalue weighted by molar-refractivity contribution is 5.85. The number of amidine groups is 1. The normalized spacial score (nSPS) is 16.8. The number of rotatable bonds is 1. The summed E-state index contributed by atoms with van der Waals surface area (Å²) in [5, 5.41) is 7.67. The zero-order valence-electron chi connectivity index (χ0n) is 7.26. The van der Waals surface area contributed by atoms with Gasteiger partial charge in [0.2, 0.25) is 0 Å². The smallest absolute Gasteiger partial charge is 0.0983 e. The summed E-state index contributed by atoms with van der Waals surface area (Å²) in [6.07, 6.45) is 2.55. The molecule has 0 bridgehead atoms. The highest BCUT2D eigenvalue weighted by atomic mass is 35.5. The zero-order valence-corrected chi connectivity index (χ0v) is 8.08. The van der Waals surface area contributed by atoms with Crippen molar-refractivity contribution >= 4 is 18.2 Å². The first-order chi connectivity index (χ1) is 4.72. The van der Waals surface area contributed by atoms with Crippen LogP contribution in [0.25, 0.3) is 0 Å². The molecule has 0 aromatic heterocycles. The molecule has 2 nitrogen and oxygen atoms in total. The van der Waals surface area contributed by atoms with Gasteiger partial charge in [-0.2, -0.15) is 0 Å². The minimum atomic E-state index is 0. The van der Waals surface area contributed by atoms with Gasteiger partial charge in [-0.3, -0.25) is 5.41 Å². The number of nitrogens with zero attached hydrogens (tertiary/aromatic N) is 1. The summed E-state index contributed by atoms with van der Waals surface area (Å²) in [6.45, 7) is 6.38. The second-order valence-corrected chi connectivity index (χ2v) is 3.23. The predicted octanol–water partition coefficient (Wildman–Crippen LogP) is 2.14. The van der Waals surface area contributed by atoms with Gasteiger partial charge in [-0.1, -0.05) is 13.8 Å². The molecule has 0 aromatic carbocycles. The molecule has 1 rings (SSSR count). The van der Waals surface area contributed by atoms with Gasteiger partial charge < -0.3 is 4.90 Å². The third kappa shape index (κ3) is 2.70. The summed E-state index contributed by atoms with van der Waals surface area (Å²) < 4.78 is 0. The molecule has 11 heavy (non-hydrogen) atoms. The van der Waals surface area contributed by atoms with Crippen molar-refractivity contribution in [2.45, 2.75) is 26.7 Å². The molecule has 1 aliphatic heterocycles. The largest absolute Gasteiger partial charge is 0.360 e. The van der Waals surface area contributed by atoms with Crippen LogP contribution in [0.4, 0.5) is 0 Å². The molecule has 1 heterocycles. The highest BCUT2D eigenvalue weighted by Crippen LogP contribution is 2.11. The van der Waals surface area contributed by atoms with E-state index in [2.05, 4.69) is 18.7 Å². The second-order valence-electron chi connectivity index (χ2n) is 3.23. The maximum absolute atomic E-state index is 7.67. The molecule has 0 saturated carbocycles. The molecular formula is C8H17ClN2. The molecule has 1 saturated heterocycles. The van der Waals surface area contributed by atoms with Crippen LogP contribution in [0.1, 0.15) is 26.7 Å². The van der Waals surface area contributed by atoms with Crippen molar-refractivity contribution in [2.24, 2.45) is 5.92 Å². The fraction of sp³-hybridized carbons (Fsp3) is 0.875. The average molecular weight is 177 g/mol. The number of hydrogen-bond acceptors (Lipinski definition) is 1. The standard InChI is InChI=1S/C8H16N2.ClH/c1-7(2)8(9)10-5-3-4-6-10;/h7,9H,3-6H2,1-2H3;1H. The van der Waals surface area contributed by atoms with Gasteiger partial charge in [0.1, 0.15) is 0 Å². The molecule has 1 aliphatic rings. The Morgan fingerprint density at radius 2 is 1.73 bits per heavy atom. The minimum Gasteiger partial charge on any atom is -0.360 e. The summed E-state index contributed by atoms with van der Waals surface area (Å²) in [6, 6.07) is 0. The van der Waals surface area contributed by atoms with E-state index < -0.39 is 0 Å². The molecule has 1 N–H and O–H groups in total. The van der Waals surface area contributed by atoms with Gasteiger partial charge in [-0.15, -0.1) is 12.4 Å². The molecule has 0 aliphatic carbocycles. The fourth-order valence-electron chi connectivity index (χ4n) is 1.32. The van der Waals surface area contributed by atoms with Crippen molar-refractivity contribution in [1.29, 1.82) is 5.41 Å². The van der Waals surface area contributed by atoms with Crippen LogP contribution in [0.5, 0.6) is 0 Å². The first-order valence-electron chi connectivity index (χ1n) is 4.05. The third-order valence-electron chi connectivity index (χ3n) is 1.99. The molecule has 1 fully saturated rings. The fourth-order valence-corrected chi connectivity index (χ4v) is 1.32. The van der Waals surface area contributed by atoms with E-state index in [0.717, 1.165) is 18.9 Å². The van der Waals surface area contributed by atoms with Gasteiger partial charge in [-0.25, -0.2) is 0 Å². The lowest BCUT2D eigenvalue weighted by Crippen LogP contribution is -2.30. The number of nitrogens with one attached hydrogen (secondary N) is 1. The Morgan fingerprint density at radius 3 is 2.09 bits per heavy atom. The van der Waals surface area contributed by atoms with Crippen molar-refractivity contribution in [3.63, 3.8) is 0 Å². The lowest BCUT2D eigenvalue weighted by atomic mass is 10.2. The van der Waals surface area contributed by atoms with E-state index in [4.69, 9.17) is 5.41 Å². The van der Waals surface area contributed by atoms with E-state index in [0.29, 0.717) is 5.92 Å². The van der Waals surface area contributed by atoms with Gasteiger partial charge in [0.15, 0.2) is 0 Å². The van der Waals surface area contributed by atoms with Crippen LogP contribution in [-0.4, -0.2) is 23.8 Å². The summed E-state index contributed by atoms with van der Waals surface area (Å²) in [4.78, 5) is 2.19. The first kappa shape index (κ1) is 10.8. The number of hydrogen-bond donors (Lipinski definition) is 1.